The summed E-state index contributed by atoms with van der Waals surface area (Å²) in [4.78, 5) is 17.1. The molecule has 122 valence electrons. The highest BCUT2D eigenvalue weighted by atomic mass is 32.1. The van der Waals surface area contributed by atoms with E-state index < -0.39 is 17.2 Å². The number of nitrogens with one attached hydrogen (secondary N) is 1. The summed E-state index contributed by atoms with van der Waals surface area (Å²) < 4.78 is 32.9. The Bertz CT molecular complexity index is 727. The van der Waals surface area contributed by atoms with Crippen LogP contribution >= 0.6 is 11.3 Å². The van der Waals surface area contributed by atoms with Gasteiger partial charge in [-0.25, -0.2) is 13.8 Å². The molecule has 23 heavy (non-hydrogen) atoms. The molecule has 1 amide bonds. The van der Waals surface area contributed by atoms with E-state index in [4.69, 9.17) is 4.74 Å². The van der Waals surface area contributed by atoms with Crippen molar-refractivity contribution in [3.63, 3.8) is 0 Å². The van der Waals surface area contributed by atoms with E-state index in [0.29, 0.717) is 36.6 Å². The molecule has 1 saturated heterocycles. The second kappa shape index (κ2) is 6.33. The molecule has 2 heterocycles. The normalized spacial score (nSPS) is 17.0. The van der Waals surface area contributed by atoms with Crippen molar-refractivity contribution in [1.82, 2.24) is 10.3 Å². The third-order valence-corrected chi connectivity index (χ3v) is 5.02. The van der Waals surface area contributed by atoms with Gasteiger partial charge in [0.05, 0.1) is 16.7 Å². The van der Waals surface area contributed by atoms with E-state index in [2.05, 4.69) is 10.3 Å². The van der Waals surface area contributed by atoms with Gasteiger partial charge >= 0.3 is 0 Å². The van der Waals surface area contributed by atoms with Crippen molar-refractivity contribution in [3.8, 4) is 0 Å². The second-order valence-electron chi connectivity index (χ2n) is 5.54. The number of hydrogen-bond acceptors (Lipinski definition) is 4. The molecule has 0 spiro atoms. The number of ether oxygens (including phenoxy) is 1. The van der Waals surface area contributed by atoms with Gasteiger partial charge in [-0.1, -0.05) is 6.07 Å². The number of rotatable bonds is 3. The number of hydrogen-bond donors (Lipinski definition) is 1. The number of aryl methyl sites for hydroxylation is 1. The van der Waals surface area contributed by atoms with Crippen LogP contribution in [0, 0.1) is 18.6 Å². The monoisotopic (exact) mass is 338 g/mol. The predicted molar refractivity (Wildman–Crippen MR) is 82.4 cm³/mol. The number of amides is 1. The first kappa shape index (κ1) is 16.0. The van der Waals surface area contributed by atoms with Gasteiger partial charge < -0.3 is 10.1 Å². The summed E-state index contributed by atoms with van der Waals surface area (Å²) in [7, 11) is 0. The Morgan fingerprint density at radius 2 is 2.09 bits per heavy atom. The molecule has 0 aliphatic carbocycles. The summed E-state index contributed by atoms with van der Waals surface area (Å²) in [6.45, 7) is 2.55. The number of halogens is 2. The molecule has 4 nitrogen and oxygen atoms in total. The Kier molecular flexibility index (Phi) is 4.41. The van der Waals surface area contributed by atoms with Crippen LogP contribution in [0.3, 0.4) is 0 Å². The molecule has 0 bridgehead atoms. The largest absolute Gasteiger partial charge is 0.381 e. The highest BCUT2D eigenvalue weighted by Gasteiger charge is 2.38. The first-order valence-electron chi connectivity index (χ1n) is 7.28. The maximum absolute atomic E-state index is 14.3. The Balaban J connectivity index is 1.97. The Morgan fingerprint density at radius 1 is 1.35 bits per heavy atom. The molecule has 1 aromatic carbocycles. The molecule has 0 unspecified atom stereocenters. The van der Waals surface area contributed by atoms with Crippen LogP contribution in [0.25, 0.3) is 0 Å². The molecule has 0 atom stereocenters. The van der Waals surface area contributed by atoms with Gasteiger partial charge in [0.15, 0.2) is 0 Å². The molecular formula is C16H16F2N2O2S. The van der Waals surface area contributed by atoms with Crippen molar-refractivity contribution in [2.75, 3.05) is 13.2 Å². The SMILES string of the molecule is Cc1ncsc1C(=O)NC1(c2ccc(F)cc2F)CCOCC1. The van der Waals surface area contributed by atoms with Crippen molar-refractivity contribution in [1.29, 1.82) is 0 Å². The average Bonchev–Trinajstić information content (AvgIpc) is 2.94. The zero-order chi connectivity index (χ0) is 16.4. The zero-order valence-corrected chi connectivity index (χ0v) is 13.4. The molecule has 1 fully saturated rings. The summed E-state index contributed by atoms with van der Waals surface area (Å²) in [5, 5.41) is 2.94. The molecule has 1 aliphatic heterocycles. The van der Waals surface area contributed by atoms with Crippen molar-refractivity contribution in [2.45, 2.75) is 25.3 Å². The summed E-state index contributed by atoms with van der Waals surface area (Å²) in [6, 6.07) is 3.45. The van der Waals surface area contributed by atoms with Gasteiger partial charge in [-0.2, -0.15) is 0 Å². The molecule has 3 rings (SSSR count). The maximum Gasteiger partial charge on any atom is 0.263 e. The Labute approximate surface area is 136 Å². The first-order valence-corrected chi connectivity index (χ1v) is 8.16. The molecule has 0 saturated carbocycles. The molecule has 1 N–H and O–H groups in total. The average molecular weight is 338 g/mol. The number of thiazole rings is 1. The molecule has 7 heteroatoms. The number of benzene rings is 1. The lowest BCUT2D eigenvalue weighted by molar-refractivity contribution is 0.0334. The van der Waals surface area contributed by atoms with Crippen LogP contribution in [0.1, 0.15) is 33.8 Å². The lowest BCUT2D eigenvalue weighted by Gasteiger charge is -2.38. The smallest absolute Gasteiger partial charge is 0.263 e. The first-order chi connectivity index (χ1) is 11.0. The minimum absolute atomic E-state index is 0.290. The number of aromatic nitrogens is 1. The van der Waals surface area contributed by atoms with Gasteiger partial charge in [-0.15, -0.1) is 11.3 Å². The van der Waals surface area contributed by atoms with Crippen molar-refractivity contribution in [3.05, 3.63) is 51.5 Å². The van der Waals surface area contributed by atoms with Gasteiger partial charge in [0.25, 0.3) is 5.91 Å². The van der Waals surface area contributed by atoms with Gasteiger partial charge in [0.1, 0.15) is 16.5 Å². The topological polar surface area (TPSA) is 51.2 Å². The van der Waals surface area contributed by atoms with E-state index >= 15 is 0 Å². The summed E-state index contributed by atoms with van der Waals surface area (Å²) in [5.41, 5.74) is 1.62. The zero-order valence-electron chi connectivity index (χ0n) is 12.6. The van der Waals surface area contributed by atoms with Crippen molar-refractivity contribution in [2.24, 2.45) is 0 Å². The fourth-order valence-corrected chi connectivity index (χ4v) is 3.55. The predicted octanol–water partition coefficient (Wildman–Crippen LogP) is 3.17. The summed E-state index contributed by atoms with van der Waals surface area (Å²) in [5.74, 6) is -1.60. The molecule has 1 aromatic heterocycles. The van der Waals surface area contributed by atoms with Crippen LogP contribution in [0.4, 0.5) is 8.78 Å². The maximum atomic E-state index is 14.3. The fourth-order valence-electron chi connectivity index (χ4n) is 2.85. The van der Waals surface area contributed by atoms with Crippen LogP contribution < -0.4 is 5.32 Å². The van der Waals surface area contributed by atoms with Gasteiger partial charge in [0.2, 0.25) is 0 Å². The fraction of sp³-hybridized carbons (Fsp3) is 0.375. The number of nitrogens with zero attached hydrogens (tertiary/aromatic N) is 1. The van der Waals surface area contributed by atoms with E-state index in [-0.39, 0.29) is 11.5 Å². The lowest BCUT2D eigenvalue weighted by atomic mass is 9.82. The van der Waals surface area contributed by atoms with Crippen LogP contribution in [-0.2, 0) is 10.3 Å². The minimum atomic E-state index is -0.899. The van der Waals surface area contributed by atoms with E-state index in [0.717, 1.165) is 6.07 Å². The number of carbonyl (C=O) groups excluding carboxylic acids is 1. The highest BCUT2D eigenvalue weighted by Crippen LogP contribution is 2.34. The third-order valence-electron chi connectivity index (χ3n) is 4.10. The van der Waals surface area contributed by atoms with E-state index in [1.54, 1.807) is 12.4 Å². The third kappa shape index (κ3) is 3.11. The van der Waals surface area contributed by atoms with Crippen molar-refractivity contribution < 1.29 is 18.3 Å². The standard InChI is InChI=1S/C16H16F2N2O2S/c1-10-14(23-9-19-10)15(21)20-16(4-6-22-7-5-16)12-3-2-11(17)8-13(12)18/h2-3,8-9H,4-7H2,1H3,(H,20,21). The highest BCUT2D eigenvalue weighted by molar-refractivity contribution is 7.11. The molecular weight excluding hydrogens is 322 g/mol. The van der Waals surface area contributed by atoms with E-state index in [1.165, 1.54) is 23.5 Å². The quantitative estimate of drug-likeness (QED) is 0.935. The van der Waals surface area contributed by atoms with Crippen LogP contribution in [0.15, 0.2) is 23.7 Å². The van der Waals surface area contributed by atoms with Gasteiger partial charge in [0, 0.05) is 24.8 Å². The van der Waals surface area contributed by atoms with Crippen LogP contribution in [0.2, 0.25) is 0 Å². The lowest BCUT2D eigenvalue weighted by Crippen LogP contribution is -2.50. The molecule has 2 aromatic rings. The van der Waals surface area contributed by atoms with E-state index in [9.17, 15) is 13.6 Å². The van der Waals surface area contributed by atoms with Crippen LogP contribution in [0.5, 0.6) is 0 Å². The summed E-state index contributed by atoms with van der Waals surface area (Å²) in [6.07, 6.45) is 0.859. The van der Waals surface area contributed by atoms with Gasteiger partial charge in [-0.3, -0.25) is 4.79 Å². The Hall–Kier alpha value is -1.86. The van der Waals surface area contributed by atoms with Crippen molar-refractivity contribution >= 4 is 17.2 Å². The second-order valence-corrected chi connectivity index (χ2v) is 6.39. The molecule has 1 aliphatic rings. The van der Waals surface area contributed by atoms with Crippen LogP contribution in [-0.4, -0.2) is 24.1 Å². The van der Waals surface area contributed by atoms with Gasteiger partial charge in [-0.05, 0) is 25.8 Å². The summed E-state index contributed by atoms with van der Waals surface area (Å²) >= 11 is 1.24. The minimum Gasteiger partial charge on any atom is -0.381 e. The van der Waals surface area contributed by atoms with E-state index in [1.807, 2.05) is 0 Å². The Morgan fingerprint density at radius 3 is 2.70 bits per heavy atom. The number of carbonyl (C=O) groups is 1. The molecule has 0 radical (unpaired) electrons.